The van der Waals surface area contributed by atoms with E-state index in [4.69, 9.17) is 9.84 Å². The predicted octanol–water partition coefficient (Wildman–Crippen LogP) is 1.86. The number of nitrogens with one attached hydrogen (secondary N) is 1. The van der Waals surface area contributed by atoms with E-state index in [1.807, 2.05) is 12.1 Å². The monoisotopic (exact) mass is 209 g/mol. The van der Waals surface area contributed by atoms with Crippen molar-refractivity contribution in [3.8, 4) is 5.75 Å². The van der Waals surface area contributed by atoms with Gasteiger partial charge in [0.25, 0.3) is 0 Å². The second kappa shape index (κ2) is 5.73. The molecule has 0 saturated carbocycles. The van der Waals surface area contributed by atoms with Crippen molar-refractivity contribution in [2.75, 3.05) is 13.8 Å². The molecule has 1 aromatic carbocycles. The molecule has 1 aromatic rings. The van der Waals surface area contributed by atoms with Crippen LogP contribution in [0.3, 0.4) is 0 Å². The summed E-state index contributed by atoms with van der Waals surface area (Å²) in [4.78, 5) is 0. The van der Waals surface area contributed by atoms with Crippen molar-refractivity contribution < 1.29 is 9.84 Å². The quantitative estimate of drug-likeness (QED) is 0.727. The van der Waals surface area contributed by atoms with E-state index in [-0.39, 0.29) is 6.73 Å². The fourth-order valence-corrected chi connectivity index (χ4v) is 1.55. The van der Waals surface area contributed by atoms with Gasteiger partial charge in [-0.1, -0.05) is 26.0 Å². The second-order valence-corrected chi connectivity index (χ2v) is 3.82. The molecule has 0 spiro atoms. The van der Waals surface area contributed by atoms with E-state index in [1.54, 1.807) is 7.11 Å². The van der Waals surface area contributed by atoms with Crippen LogP contribution in [0.2, 0.25) is 0 Å². The molecule has 3 nitrogen and oxygen atoms in total. The van der Waals surface area contributed by atoms with Gasteiger partial charge in [0.05, 0.1) is 13.8 Å². The molecular formula is C12H19NO2. The average molecular weight is 209 g/mol. The van der Waals surface area contributed by atoms with Gasteiger partial charge in [-0.05, 0) is 23.1 Å². The molecule has 84 valence electrons. The number of hydrogen-bond donors (Lipinski definition) is 2. The molecular weight excluding hydrogens is 190 g/mol. The lowest BCUT2D eigenvalue weighted by Crippen LogP contribution is -2.14. The highest BCUT2D eigenvalue weighted by Crippen LogP contribution is 2.27. The number of aliphatic hydroxyl groups is 1. The minimum atomic E-state index is 0.00302. The van der Waals surface area contributed by atoms with Crippen LogP contribution >= 0.6 is 0 Å². The molecule has 0 fully saturated rings. The zero-order valence-electron chi connectivity index (χ0n) is 9.58. The molecule has 0 unspecified atom stereocenters. The minimum Gasteiger partial charge on any atom is -0.496 e. The Labute approximate surface area is 91.1 Å². The van der Waals surface area contributed by atoms with Gasteiger partial charge >= 0.3 is 0 Å². The Morgan fingerprint density at radius 1 is 1.40 bits per heavy atom. The van der Waals surface area contributed by atoms with Crippen LogP contribution in [-0.2, 0) is 6.54 Å². The van der Waals surface area contributed by atoms with Gasteiger partial charge in [-0.25, -0.2) is 0 Å². The van der Waals surface area contributed by atoms with E-state index in [9.17, 15) is 0 Å². The van der Waals surface area contributed by atoms with E-state index in [2.05, 4.69) is 25.2 Å². The summed E-state index contributed by atoms with van der Waals surface area (Å²) in [5.74, 6) is 1.37. The first-order chi connectivity index (χ1) is 7.19. The second-order valence-electron chi connectivity index (χ2n) is 3.82. The van der Waals surface area contributed by atoms with E-state index < -0.39 is 0 Å². The minimum absolute atomic E-state index is 0.00302. The summed E-state index contributed by atoms with van der Waals surface area (Å²) in [6.45, 7) is 4.96. The maximum atomic E-state index is 8.67. The summed E-state index contributed by atoms with van der Waals surface area (Å²) in [6.07, 6.45) is 0. The van der Waals surface area contributed by atoms with Crippen LogP contribution in [0.1, 0.15) is 30.9 Å². The SMILES string of the molecule is COc1ccc(CNCO)cc1C(C)C. The summed E-state index contributed by atoms with van der Waals surface area (Å²) >= 11 is 0. The van der Waals surface area contributed by atoms with Crippen molar-refractivity contribution in [2.45, 2.75) is 26.3 Å². The van der Waals surface area contributed by atoms with Crippen LogP contribution in [-0.4, -0.2) is 18.9 Å². The molecule has 0 atom stereocenters. The van der Waals surface area contributed by atoms with E-state index in [1.165, 1.54) is 5.56 Å². The molecule has 0 bridgehead atoms. The number of benzene rings is 1. The van der Waals surface area contributed by atoms with E-state index >= 15 is 0 Å². The summed E-state index contributed by atoms with van der Waals surface area (Å²) in [5.41, 5.74) is 2.36. The molecule has 0 aromatic heterocycles. The Balaban J connectivity index is 2.89. The number of hydrogen-bond acceptors (Lipinski definition) is 3. The molecule has 2 N–H and O–H groups in total. The molecule has 15 heavy (non-hydrogen) atoms. The van der Waals surface area contributed by atoms with Crippen molar-refractivity contribution in [2.24, 2.45) is 0 Å². The third-order valence-electron chi connectivity index (χ3n) is 2.36. The van der Waals surface area contributed by atoms with Crippen LogP contribution in [0, 0.1) is 0 Å². The molecule has 0 heterocycles. The maximum absolute atomic E-state index is 8.67. The topological polar surface area (TPSA) is 41.5 Å². The van der Waals surface area contributed by atoms with Crippen LogP contribution in [0.5, 0.6) is 5.75 Å². The van der Waals surface area contributed by atoms with Gasteiger partial charge in [0.1, 0.15) is 5.75 Å². The third kappa shape index (κ3) is 3.22. The number of ether oxygens (including phenoxy) is 1. The van der Waals surface area contributed by atoms with Crippen LogP contribution in [0.25, 0.3) is 0 Å². The normalized spacial score (nSPS) is 10.7. The molecule has 0 saturated heterocycles. The smallest absolute Gasteiger partial charge is 0.122 e. The maximum Gasteiger partial charge on any atom is 0.122 e. The molecule has 3 heteroatoms. The zero-order valence-corrected chi connectivity index (χ0v) is 9.58. The first kappa shape index (κ1) is 12.0. The Hall–Kier alpha value is -1.06. The highest BCUT2D eigenvalue weighted by atomic mass is 16.5. The molecule has 0 aliphatic carbocycles. The highest BCUT2D eigenvalue weighted by molar-refractivity contribution is 5.39. The van der Waals surface area contributed by atoms with Crippen LogP contribution in [0.15, 0.2) is 18.2 Å². The molecule has 0 aliphatic heterocycles. The average Bonchev–Trinajstić information content (AvgIpc) is 2.25. The third-order valence-corrected chi connectivity index (χ3v) is 2.36. The summed E-state index contributed by atoms with van der Waals surface area (Å²) in [5, 5.41) is 11.6. The summed E-state index contributed by atoms with van der Waals surface area (Å²) < 4.78 is 5.30. The largest absolute Gasteiger partial charge is 0.496 e. The predicted molar refractivity (Wildman–Crippen MR) is 61.0 cm³/mol. The summed E-state index contributed by atoms with van der Waals surface area (Å²) in [6, 6.07) is 6.10. The van der Waals surface area contributed by atoms with Gasteiger partial charge in [-0.3, -0.25) is 5.32 Å². The Bertz CT molecular complexity index is 310. The lowest BCUT2D eigenvalue weighted by molar-refractivity contribution is 0.259. The Morgan fingerprint density at radius 3 is 2.67 bits per heavy atom. The van der Waals surface area contributed by atoms with Crippen LogP contribution in [0.4, 0.5) is 0 Å². The van der Waals surface area contributed by atoms with Crippen molar-refractivity contribution in [3.05, 3.63) is 29.3 Å². The highest BCUT2D eigenvalue weighted by Gasteiger charge is 2.07. The van der Waals surface area contributed by atoms with Gasteiger partial charge in [0.2, 0.25) is 0 Å². The first-order valence-electron chi connectivity index (χ1n) is 5.17. The Kier molecular flexibility index (Phi) is 4.59. The fraction of sp³-hybridized carbons (Fsp3) is 0.500. The van der Waals surface area contributed by atoms with Gasteiger partial charge < -0.3 is 9.84 Å². The van der Waals surface area contributed by atoms with Gasteiger partial charge in [-0.2, -0.15) is 0 Å². The number of methoxy groups -OCH3 is 1. The molecule has 1 rings (SSSR count). The van der Waals surface area contributed by atoms with Crippen molar-refractivity contribution >= 4 is 0 Å². The van der Waals surface area contributed by atoms with Gasteiger partial charge in [0.15, 0.2) is 0 Å². The standard InChI is InChI=1S/C12H19NO2/c1-9(2)11-6-10(7-13-8-14)4-5-12(11)15-3/h4-6,9,13-14H,7-8H2,1-3H3. The summed E-state index contributed by atoms with van der Waals surface area (Å²) in [7, 11) is 1.69. The fourth-order valence-electron chi connectivity index (χ4n) is 1.55. The van der Waals surface area contributed by atoms with E-state index in [0.29, 0.717) is 12.5 Å². The van der Waals surface area contributed by atoms with Crippen LogP contribution < -0.4 is 10.1 Å². The molecule has 0 aliphatic rings. The van der Waals surface area contributed by atoms with E-state index in [0.717, 1.165) is 11.3 Å². The molecule has 0 radical (unpaired) electrons. The zero-order chi connectivity index (χ0) is 11.3. The Morgan fingerprint density at radius 2 is 2.13 bits per heavy atom. The first-order valence-corrected chi connectivity index (χ1v) is 5.17. The molecule has 0 amide bonds. The van der Waals surface area contributed by atoms with Crippen molar-refractivity contribution in [1.29, 1.82) is 0 Å². The lowest BCUT2D eigenvalue weighted by atomic mass is 9.99. The number of aliphatic hydroxyl groups excluding tert-OH is 1. The van der Waals surface area contributed by atoms with Gasteiger partial charge in [-0.15, -0.1) is 0 Å². The lowest BCUT2D eigenvalue weighted by Gasteiger charge is -2.13. The number of rotatable bonds is 5. The van der Waals surface area contributed by atoms with Crippen molar-refractivity contribution in [1.82, 2.24) is 5.32 Å². The van der Waals surface area contributed by atoms with Gasteiger partial charge in [0, 0.05) is 6.54 Å². The van der Waals surface area contributed by atoms with Crippen molar-refractivity contribution in [3.63, 3.8) is 0 Å².